The summed E-state index contributed by atoms with van der Waals surface area (Å²) >= 11 is 0. The van der Waals surface area contributed by atoms with Gasteiger partial charge in [-0.15, -0.1) is 0 Å². The SMILES string of the molecule is CC(N)c1c(O)cc(N)cc1F. The number of halogens is 1. The first-order chi connectivity index (χ1) is 5.52. The Labute approximate surface area is 69.8 Å². The summed E-state index contributed by atoms with van der Waals surface area (Å²) in [6.07, 6.45) is 0. The van der Waals surface area contributed by atoms with Crippen molar-refractivity contribution in [1.29, 1.82) is 0 Å². The van der Waals surface area contributed by atoms with Crippen molar-refractivity contribution in [3.63, 3.8) is 0 Å². The molecule has 0 spiro atoms. The summed E-state index contributed by atoms with van der Waals surface area (Å²) in [5.41, 5.74) is 11.0. The Bertz CT molecular complexity index is 276. The van der Waals surface area contributed by atoms with Crippen LogP contribution in [0, 0.1) is 5.82 Å². The van der Waals surface area contributed by atoms with Gasteiger partial charge in [-0.25, -0.2) is 4.39 Å². The van der Waals surface area contributed by atoms with E-state index in [1.807, 2.05) is 0 Å². The molecular formula is C8H11FN2O. The van der Waals surface area contributed by atoms with Crippen LogP contribution in [0.4, 0.5) is 10.1 Å². The van der Waals surface area contributed by atoms with Crippen molar-refractivity contribution in [3.8, 4) is 5.75 Å². The lowest BCUT2D eigenvalue weighted by Gasteiger charge is -2.09. The molecule has 0 aliphatic carbocycles. The standard InChI is InChI=1S/C8H11FN2O/c1-4(10)8-6(9)2-5(11)3-7(8)12/h2-4,12H,10-11H2,1H3. The van der Waals surface area contributed by atoms with Gasteiger partial charge in [0.05, 0.1) is 0 Å². The lowest BCUT2D eigenvalue weighted by atomic mass is 10.1. The Balaban J connectivity index is 3.28. The average Bonchev–Trinajstić information content (AvgIpc) is 1.82. The quantitative estimate of drug-likeness (QED) is 0.553. The molecule has 0 bridgehead atoms. The van der Waals surface area contributed by atoms with Crippen molar-refractivity contribution in [2.75, 3.05) is 5.73 Å². The van der Waals surface area contributed by atoms with E-state index in [4.69, 9.17) is 11.5 Å². The second kappa shape index (κ2) is 2.98. The third-order valence-corrected chi connectivity index (χ3v) is 1.59. The molecule has 0 amide bonds. The van der Waals surface area contributed by atoms with Crippen LogP contribution in [-0.4, -0.2) is 5.11 Å². The summed E-state index contributed by atoms with van der Waals surface area (Å²) in [5, 5.41) is 9.24. The zero-order valence-electron chi connectivity index (χ0n) is 6.71. The number of phenols is 1. The topological polar surface area (TPSA) is 72.3 Å². The van der Waals surface area contributed by atoms with Gasteiger partial charge in [-0.1, -0.05) is 0 Å². The summed E-state index contributed by atoms with van der Waals surface area (Å²) < 4.78 is 13.0. The number of benzene rings is 1. The third kappa shape index (κ3) is 1.48. The molecule has 0 saturated heterocycles. The molecule has 0 saturated carbocycles. The molecule has 1 rings (SSSR count). The van der Waals surface area contributed by atoms with Gasteiger partial charge < -0.3 is 16.6 Å². The normalized spacial score (nSPS) is 12.9. The minimum Gasteiger partial charge on any atom is -0.507 e. The van der Waals surface area contributed by atoms with E-state index >= 15 is 0 Å². The van der Waals surface area contributed by atoms with Crippen LogP contribution in [0.15, 0.2) is 12.1 Å². The molecule has 5 N–H and O–H groups in total. The molecule has 1 unspecified atom stereocenters. The predicted molar refractivity (Wildman–Crippen MR) is 45.1 cm³/mol. The Morgan fingerprint density at radius 3 is 2.50 bits per heavy atom. The number of phenolic OH excluding ortho intramolecular Hbond substituents is 1. The molecule has 0 radical (unpaired) electrons. The lowest BCUT2D eigenvalue weighted by Crippen LogP contribution is -2.08. The highest BCUT2D eigenvalue weighted by molar-refractivity contribution is 5.49. The van der Waals surface area contributed by atoms with Crippen LogP contribution in [0.25, 0.3) is 0 Å². The smallest absolute Gasteiger partial charge is 0.133 e. The summed E-state index contributed by atoms with van der Waals surface area (Å²) in [5.74, 6) is -0.759. The Kier molecular flexibility index (Phi) is 2.19. The molecule has 0 aliphatic heterocycles. The van der Waals surface area contributed by atoms with Gasteiger partial charge in [0.1, 0.15) is 11.6 Å². The summed E-state index contributed by atoms with van der Waals surface area (Å²) in [6, 6.07) is 1.88. The van der Waals surface area contributed by atoms with Gasteiger partial charge in [0.2, 0.25) is 0 Å². The predicted octanol–water partition coefficient (Wildman–Crippen LogP) is 1.13. The molecule has 0 aliphatic rings. The first-order valence-corrected chi connectivity index (χ1v) is 3.56. The van der Waals surface area contributed by atoms with E-state index < -0.39 is 11.9 Å². The fourth-order valence-corrected chi connectivity index (χ4v) is 1.07. The Morgan fingerprint density at radius 2 is 2.08 bits per heavy atom. The van der Waals surface area contributed by atoms with Gasteiger partial charge in [-0.05, 0) is 13.0 Å². The average molecular weight is 170 g/mol. The van der Waals surface area contributed by atoms with E-state index in [0.717, 1.165) is 6.07 Å². The third-order valence-electron chi connectivity index (χ3n) is 1.59. The lowest BCUT2D eigenvalue weighted by molar-refractivity contribution is 0.453. The minimum absolute atomic E-state index is 0.101. The van der Waals surface area contributed by atoms with Crippen molar-refractivity contribution in [3.05, 3.63) is 23.5 Å². The van der Waals surface area contributed by atoms with E-state index in [9.17, 15) is 9.50 Å². The second-order valence-electron chi connectivity index (χ2n) is 2.72. The van der Waals surface area contributed by atoms with E-state index in [1.54, 1.807) is 6.92 Å². The fraction of sp³-hybridized carbons (Fsp3) is 0.250. The zero-order valence-corrected chi connectivity index (χ0v) is 6.71. The minimum atomic E-state index is -0.567. The largest absolute Gasteiger partial charge is 0.507 e. The number of rotatable bonds is 1. The van der Waals surface area contributed by atoms with Gasteiger partial charge in [-0.2, -0.15) is 0 Å². The van der Waals surface area contributed by atoms with E-state index in [2.05, 4.69) is 0 Å². The molecule has 3 nitrogen and oxygen atoms in total. The molecule has 0 aromatic heterocycles. The molecule has 12 heavy (non-hydrogen) atoms. The van der Waals surface area contributed by atoms with Crippen molar-refractivity contribution in [2.24, 2.45) is 5.73 Å². The monoisotopic (exact) mass is 170 g/mol. The molecule has 0 fully saturated rings. The van der Waals surface area contributed by atoms with Crippen molar-refractivity contribution < 1.29 is 9.50 Å². The van der Waals surface area contributed by atoms with E-state index in [0.29, 0.717) is 0 Å². The highest BCUT2D eigenvalue weighted by Gasteiger charge is 2.12. The highest BCUT2D eigenvalue weighted by atomic mass is 19.1. The van der Waals surface area contributed by atoms with Crippen LogP contribution < -0.4 is 11.5 Å². The summed E-state index contributed by atoms with van der Waals surface area (Å²) in [6.45, 7) is 1.59. The van der Waals surface area contributed by atoms with Crippen LogP contribution in [0.1, 0.15) is 18.5 Å². The first kappa shape index (κ1) is 8.80. The van der Waals surface area contributed by atoms with Crippen molar-refractivity contribution >= 4 is 5.69 Å². The Morgan fingerprint density at radius 1 is 1.50 bits per heavy atom. The molecule has 66 valence electrons. The number of nitrogen functional groups attached to an aromatic ring is 1. The van der Waals surface area contributed by atoms with Crippen LogP contribution in [0.2, 0.25) is 0 Å². The number of hydrogen-bond donors (Lipinski definition) is 3. The summed E-state index contributed by atoms with van der Waals surface area (Å²) in [7, 11) is 0. The van der Waals surface area contributed by atoms with Crippen molar-refractivity contribution in [1.82, 2.24) is 0 Å². The molecule has 1 aromatic rings. The fourth-order valence-electron chi connectivity index (χ4n) is 1.07. The van der Waals surface area contributed by atoms with Gasteiger partial charge in [0, 0.05) is 23.4 Å². The molecule has 4 heteroatoms. The van der Waals surface area contributed by atoms with E-state index in [-0.39, 0.29) is 17.0 Å². The zero-order chi connectivity index (χ0) is 9.30. The van der Waals surface area contributed by atoms with Crippen LogP contribution in [0.5, 0.6) is 5.75 Å². The highest BCUT2D eigenvalue weighted by Crippen LogP contribution is 2.27. The number of hydrogen-bond acceptors (Lipinski definition) is 3. The molecule has 0 heterocycles. The maximum atomic E-state index is 13.0. The van der Waals surface area contributed by atoms with Gasteiger partial charge in [-0.3, -0.25) is 0 Å². The van der Waals surface area contributed by atoms with Gasteiger partial charge >= 0.3 is 0 Å². The molecule has 1 atom stereocenters. The van der Waals surface area contributed by atoms with Crippen LogP contribution in [0.3, 0.4) is 0 Å². The number of aromatic hydroxyl groups is 1. The molecule has 1 aromatic carbocycles. The summed E-state index contributed by atoms with van der Waals surface area (Å²) in [4.78, 5) is 0. The second-order valence-corrected chi connectivity index (χ2v) is 2.72. The number of nitrogens with two attached hydrogens (primary N) is 2. The van der Waals surface area contributed by atoms with Gasteiger partial charge in [0.15, 0.2) is 0 Å². The maximum Gasteiger partial charge on any atom is 0.133 e. The van der Waals surface area contributed by atoms with Crippen molar-refractivity contribution in [2.45, 2.75) is 13.0 Å². The van der Waals surface area contributed by atoms with Gasteiger partial charge in [0.25, 0.3) is 0 Å². The first-order valence-electron chi connectivity index (χ1n) is 3.56. The van der Waals surface area contributed by atoms with E-state index in [1.165, 1.54) is 6.07 Å². The number of anilines is 1. The van der Waals surface area contributed by atoms with Crippen LogP contribution in [-0.2, 0) is 0 Å². The van der Waals surface area contributed by atoms with Crippen LogP contribution >= 0.6 is 0 Å². The maximum absolute atomic E-state index is 13.0. The molecular weight excluding hydrogens is 159 g/mol. The Hall–Kier alpha value is -1.29.